The van der Waals surface area contributed by atoms with Gasteiger partial charge in [0, 0.05) is 48.6 Å². The third-order valence-corrected chi connectivity index (χ3v) is 6.97. The van der Waals surface area contributed by atoms with Gasteiger partial charge in [-0.1, -0.05) is 20.8 Å². The van der Waals surface area contributed by atoms with Gasteiger partial charge in [0.1, 0.15) is 17.3 Å². The number of nitrogens with one attached hydrogen (secondary N) is 3. The highest BCUT2D eigenvalue weighted by molar-refractivity contribution is 8.93. The third kappa shape index (κ3) is 7.58. The molecule has 0 saturated carbocycles. The fraction of sp³-hybridized carbons (Fsp3) is 0.444. The zero-order valence-electron chi connectivity index (χ0n) is 23.1. The van der Waals surface area contributed by atoms with Gasteiger partial charge in [0.15, 0.2) is 15.6 Å². The van der Waals surface area contributed by atoms with Gasteiger partial charge in [0.05, 0.1) is 24.6 Å². The number of Topliss-reactive ketones (excluding diaryl/α,β-unsaturated/α-hetero) is 1. The van der Waals surface area contributed by atoms with Gasteiger partial charge in [-0.15, -0.1) is 17.0 Å². The van der Waals surface area contributed by atoms with Crippen LogP contribution >= 0.6 is 17.0 Å². The molecular weight excluding hydrogens is 588 g/mol. The molecule has 1 aliphatic heterocycles. The number of rotatable bonds is 10. The Morgan fingerprint density at radius 2 is 1.85 bits per heavy atom. The summed E-state index contributed by atoms with van der Waals surface area (Å²) >= 11 is 0. The molecule has 0 aliphatic carbocycles. The average Bonchev–Trinajstić information content (AvgIpc) is 3.11. The third-order valence-electron chi connectivity index (χ3n) is 6.24. The molecule has 1 amide bonds. The van der Waals surface area contributed by atoms with Crippen LogP contribution in [-0.2, 0) is 28.3 Å². The van der Waals surface area contributed by atoms with Gasteiger partial charge in [-0.05, 0) is 42.2 Å². The maximum Gasteiger partial charge on any atom is 0.254 e. The van der Waals surface area contributed by atoms with Gasteiger partial charge in [-0.25, -0.2) is 8.42 Å². The van der Waals surface area contributed by atoms with Crippen molar-refractivity contribution >= 4 is 44.3 Å². The summed E-state index contributed by atoms with van der Waals surface area (Å²) in [5.74, 6) is -0.275. The predicted octanol–water partition coefficient (Wildman–Crippen LogP) is 3.14. The number of ketones is 1. The van der Waals surface area contributed by atoms with E-state index in [2.05, 4.69) is 10.6 Å². The molecule has 214 valence electrons. The number of hydrogen-bond acceptors (Lipinski definition) is 8. The molecular formula is C27H37BrN4O6S. The average molecular weight is 626 g/mol. The Labute approximate surface area is 240 Å². The van der Waals surface area contributed by atoms with E-state index in [1.165, 1.54) is 7.05 Å². The Bertz CT molecular complexity index is 1390. The Hall–Kier alpha value is -2.96. The zero-order valence-corrected chi connectivity index (χ0v) is 25.6. The van der Waals surface area contributed by atoms with Gasteiger partial charge in [-0.3, -0.25) is 20.3 Å². The summed E-state index contributed by atoms with van der Waals surface area (Å²) in [5, 5.41) is 24.9. The van der Waals surface area contributed by atoms with E-state index in [9.17, 15) is 23.1 Å². The highest BCUT2D eigenvalue weighted by Crippen LogP contribution is 2.35. The molecule has 12 heteroatoms. The minimum atomic E-state index is -3.26. The second-order valence-electron chi connectivity index (χ2n) is 10.4. The number of hydrogen-bond donors (Lipinski definition) is 4. The van der Waals surface area contributed by atoms with Crippen LogP contribution in [0.25, 0.3) is 0 Å². The molecule has 0 aromatic heterocycles. The number of amidine groups is 1. The fourth-order valence-electron chi connectivity index (χ4n) is 4.35. The van der Waals surface area contributed by atoms with Crippen LogP contribution in [0.3, 0.4) is 0 Å². The Balaban J connectivity index is 0.00000533. The quantitative estimate of drug-likeness (QED) is 0.295. The largest absolute Gasteiger partial charge is 0.507 e. The number of fused-ring (bicyclic) bond motifs is 1. The number of ether oxygens (including phenoxy) is 1. The lowest BCUT2D eigenvalue weighted by molar-refractivity contribution is 0.0953. The van der Waals surface area contributed by atoms with E-state index in [1.807, 2.05) is 27.7 Å². The van der Waals surface area contributed by atoms with E-state index in [0.29, 0.717) is 46.7 Å². The summed E-state index contributed by atoms with van der Waals surface area (Å²) in [5.41, 5.74) is 2.53. The number of phenols is 1. The van der Waals surface area contributed by atoms with E-state index < -0.39 is 15.3 Å². The summed E-state index contributed by atoms with van der Waals surface area (Å²) < 4.78 is 28.7. The van der Waals surface area contributed by atoms with Crippen molar-refractivity contribution in [1.29, 1.82) is 5.41 Å². The van der Waals surface area contributed by atoms with Crippen LogP contribution in [0.2, 0.25) is 0 Å². The minimum absolute atomic E-state index is 0. The molecule has 0 radical (unpaired) electrons. The lowest BCUT2D eigenvalue weighted by Crippen LogP contribution is -2.30. The number of aromatic hydroxyl groups is 1. The molecule has 2 aromatic rings. The first-order chi connectivity index (χ1) is 17.7. The van der Waals surface area contributed by atoms with Gasteiger partial charge in [-0.2, -0.15) is 0 Å². The van der Waals surface area contributed by atoms with Gasteiger partial charge in [0.25, 0.3) is 5.91 Å². The van der Waals surface area contributed by atoms with Crippen molar-refractivity contribution in [2.75, 3.05) is 32.3 Å². The highest BCUT2D eigenvalue weighted by atomic mass is 79.9. The first kappa shape index (κ1) is 32.3. The van der Waals surface area contributed by atoms with Crippen LogP contribution in [0.1, 0.15) is 70.7 Å². The summed E-state index contributed by atoms with van der Waals surface area (Å²) in [4.78, 5) is 27.4. The summed E-state index contributed by atoms with van der Waals surface area (Å²) in [6.45, 7) is 8.22. The van der Waals surface area contributed by atoms with Crippen LogP contribution in [0, 0.1) is 5.41 Å². The van der Waals surface area contributed by atoms with E-state index in [0.717, 1.165) is 11.8 Å². The topological polar surface area (TPSA) is 149 Å². The van der Waals surface area contributed by atoms with Crippen molar-refractivity contribution in [1.82, 2.24) is 15.5 Å². The number of carbonyl (C=O) groups excluding carboxylic acids is 2. The van der Waals surface area contributed by atoms with Crippen molar-refractivity contribution < 1.29 is 27.9 Å². The zero-order chi connectivity index (χ0) is 28.4. The van der Waals surface area contributed by atoms with Crippen molar-refractivity contribution in [3.63, 3.8) is 0 Å². The monoisotopic (exact) mass is 624 g/mol. The number of nitrogens with zero attached hydrogens (tertiary/aromatic N) is 1. The molecule has 0 fully saturated rings. The van der Waals surface area contributed by atoms with Gasteiger partial charge in [0.2, 0.25) is 0 Å². The number of sulfone groups is 1. The first-order valence-electron chi connectivity index (χ1n) is 12.3. The molecule has 0 saturated heterocycles. The molecule has 10 nitrogen and oxygen atoms in total. The van der Waals surface area contributed by atoms with E-state index in [4.69, 9.17) is 10.1 Å². The molecule has 4 N–H and O–H groups in total. The van der Waals surface area contributed by atoms with Crippen molar-refractivity contribution in [2.24, 2.45) is 0 Å². The minimum Gasteiger partial charge on any atom is -0.507 e. The molecule has 3 rings (SSSR count). The van der Waals surface area contributed by atoms with Crippen LogP contribution in [0.15, 0.2) is 24.3 Å². The molecule has 1 aliphatic rings. The number of phenolic OH excluding ortho intramolecular Hbond substituents is 1. The maximum absolute atomic E-state index is 13.4. The Morgan fingerprint density at radius 3 is 2.41 bits per heavy atom. The molecule has 0 bridgehead atoms. The molecule has 2 aromatic carbocycles. The Kier molecular flexibility index (Phi) is 10.3. The fourth-order valence-corrected chi connectivity index (χ4v) is 4.82. The Morgan fingerprint density at radius 1 is 1.18 bits per heavy atom. The lowest BCUT2D eigenvalue weighted by Gasteiger charge is -2.24. The van der Waals surface area contributed by atoms with Gasteiger partial charge < -0.3 is 20.1 Å². The lowest BCUT2D eigenvalue weighted by atomic mass is 9.83. The number of halogens is 1. The predicted molar refractivity (Wildman–Crippen MR) is 156 cm³/mol. The number of amides is 1. The molecule has 0 unspecified atom stereocenters. The van der Waals surface area contributed by atoms with Crippen molar-refractivity contribution in [2.45, 2.75) is 46.2 Å². The number of benzene rings is 2. The molecule has 39 heavy (non-hydrogen) atoms. The van der Waals surface area contributed by atoms with Crippen molar-refractivity contribution in [3.05, 3.63) is 57.6 Å². The summed E-state index contributed by atoms with van der Waals surface area (Å²) in [6, 6.07) is 6.58. The standard InChI is InChI=1S/C27H36N4O6S.BrH/c1-7-37-23-10-18-13-31(25(28)19(18)11-20(23)26(34)29-5)14-22(32)16-8-17(12-30-15-38(6,35)36)24(33)21(9-16)27(2,3)4;/h8-11,28,30,33H,7,12-15H2,1-6H3,(H,29,34);1H. The van der Waals surface area contributed by atoms with Crippen LogP contribution < -0.4 is 15.4 Å². The van der Waals surface area contributed by atoms with E-state index >= 15 is 0 Å². The van der Waals surface area contributed by atoms with Crippen molar-refractivity contribution in [3.8, 4) is 11.5 Å². The highest BCUT2D eigenvalue weighted by Gasteiger charge is 2.30. The van der Waals surface area contributed by atoms with Crippen LogP contribution in [0.4, 0.5) is 0 Å². The van der Waals surface area contributed by atoms with E-state index in [1.54, 1.807) is 29.2 Å². The van der Waals surface area contributed by atoms with E-state index in [-0.39, 0.29) is 59.2 Å². The molecule has 0 spiro atoms. The maximum atomic E-state index is 13.4. The smallest absolute Gasteiger partial charge is 0.254 e. The first-order valence-corrected chi connectivity index (χ1v) is 14.4. The summed E-state index contributed by atoms with van der Waals surface area (Å²) in [7, 11) is -1.74. The van der Waals surface area contributed by atoms with Gasteiger partial charge >= 0.3 is 0 Å². The van der Waals surface area contributed by atoms with Crippen LogP contribution in [-0.4, -0.2) is 68.3 Å². The normalized spacial score (nSPS) is 13.1. The second kappa shape index (κ2) is 12.5. The number of carbonyl (C=O) groups is 2. The molecule has 0 atom stereocenters. The second-order valence-corrected chi connectivity index (χ2v) is 12.6. The SMILES string of the molecule is Br.CCOc1cc2c(cc1C(=O)NC)C(=N)N(CC(=O)c1cc(CNCS(C)(=O)=O)c(O)c(C(C)(C)C)c1)C2. The summed E-state index contributed by atoms with van der Waals surface area (Å²) in [6.07, 6.45) is 1.11. The van der Waals surface area contributed by atoms with Crippen LogP contribution in [0.5, 0.6) is 11.5 Å². The molecule has 1 heterocycles.